The van der Waals surface area contributed by atoms with Crippen LogP contribution in [0.3, 0.4) is 0 Å². The molecule has 2 aromatic rings. The first-order chi connectivity index (χ1) is 9.13. The highest BCUT2D eigenvalue weighted by Gasteiger charge is 2.03. The topological polar surface area (TPSA) is 15.3 Å². The number of benzene rings is 1. The van der Waals surface area contributed by atoms with Crippen molar-refractivity contribution in [1.29, 1.82) is 0 Å². The van der Waals surface area contributed by atoms with Gasteiger partial charge in [-0.3, -0.25) is 4.90 Å². The van der Waals surface area contributed by atoms with E-state index >= 15 is 0 Å². The van der Waals surface area contributed by atoms with Gasteiger partial charge in [0.15, 0.2) is 0 Å². The van der Waals surface area contributed by atoms with Crippen LogP contribution in [-0.2, 0) is 6.54 Å². The summed E-state index contributed by atoms with van der Waals surface area (Å²) in [6.45, 7) is 2.85. The lowest BCUT2D eigenvalue weighted by molar-refractivity contribution is 0.343. The number of halogens is 2. The second-order valence-electron chi connectivity index (χ2n) is 4.38. The molecule has 0 aliphatic rings. The predicted molar refractivity (Wildman–Crippen MR) is 88.3 cm³/mol. The molecule has 0 aliphatic carbocycles. The summed E-state index contributed by atoms with van der Waals surface area (Å²) in [6, 6.07) is 12.3. The predicted octanol–water partition coefficient (Wildman–Crippen LogP) is 4.71. The molecule has 0 atom stereocenters. The van der Waals surface area contributed by atoms with E-state index in [0.29, 0.717) is 0 Å². The Labute approximate surface area is 131 Å². The minimum atomic E-state index is 0.857. The lowest BCUT2D eigenvalue weighted by atomic mass is 10.3. The van der Waals surface area contributed by atoms with Gasteiger partial charge in [-0.1, -0.05) is 33.6 Å². The molecule has 0 spiro atoms. The molecule has 0 bridgehead atoms. The minimum absolute atomic E-state index is 0.857. The summed E-state index contributed by atoms with van der Waals surface area (Å²) in [4.78, 5) is 3.59. The van der Waals surface area contributed by atoms with Gasteiger partial charge in [0.25, 0.3) is 0 Å². The molecule has 0 fully saturated rings. The average Bonchev–Trinajstić information content (AvgIpc) is 2.75. The zero-order valence-corrected chi connectivity index (χ0v) is 13.9. The maximum atomic E-state index is 5.93. The number of thiophene rings is 1. The third kappa shape index (κ3) is 5.15. The molecule has 0 amide bonds. The number of nitrogens with zero attached hydrogens (tertiary/aromatic N) is 1. The summed E-state index contributed by atoms with van der Waals surface area (Å²) in [5.41, 5.74) is 1.14. The largest absolute Gasteiger partial charge is 0.384 e. The lowest BCUT2D eigenvalue weighted by Gasteiger charge is -2.16. The second-order valence-corrected chi connectivity index (χ2v) is 7.10. The quantitative estimate of drug-likeness (QED) is 0.803. The third-order valence-electron chi connectivity index (χ3n) is 2.70. The van der Waals surface area contributed by atoms with E-state index in [1.54, 1.807) is 11.3 Å². The van der Waals surface area contributed by atoms with Crippen molar-refractivity contribution in [3.63, 3.8) is 0 Å². The van der Waals surface area contributed by atoms with E-state index in [0.717, 1.165) is 34.1 Å². The fourth-order valence-corrected chi connectivity index (χ4v) is 3.34. The summed E-state index contributed by atoms with van der Waals surface area (Å²) in [7, 11) is 2.12. The normalized spacial score (nSPS) is 10.9. The van der Waals surface area contributed by atoms with Gasteiger partial charge < -0.3 is 5.32 Å². The molecule has 1 N–H and O–H groups in total. The summed E-state index contributed by atoms with van der Waals surface area (Å²) in [6.07, 6.45) is 0. The molecule has 2 nitrogen and oxygen atoms in total. The van der Waals surface area contributed by atoms with Crippen molar-refractivity contribution in [2.24, 2.45) is 0 Å². The monoisotopic (exact) mass is 358 g/mol. The SMILES string of the molecule is CN(CCNc1cccc(Br)c1)Cc1ccc(Cl)s1. The van der Waals surface area contributed by atoms with Crippen LogP contribution in [0.15, 0.2) is 40.9 Å². The Hall–Kier alpha value is -0.550. The fraction of sp³-hybridized carbons (Fsp3) is 0.286. The Morgan fingerprint density at radius 3 is 2.84 bits per heavy atom. The van der Waals surface area contributed by atoms with Gasteiger partial charge in [-0.15, -0.1) is 11.3 Å². The third-order valence-corrected chi connectivity index (χ3v) is 4.41. The highest BCUT2D eigenvalue weighted by Crippen LogP contribution is 2.22. The van der Waals surface area contributed by atoms with Crippen LogP contribution in [0.25, 0.3) is 0 Å². The number of nitrogens with one attached hydrogen (secondary N) is 1. The van der Waals surface area contributed by atoms with Gasteiger partial charge in [-0.25, -0.2) is 0 Å². The Morgan fingerprint density at radius 2 is 2.16 bits per heavy atom. The zero-order valence-electron chi connectivity index (χ0n) is 10.7. The van der Waals surface area contributed by atoms with Crippen LogP contribution < -0.4 is 5.32 Å². The molecule has 0 saturated carbocycles. The Bertz CT molecular complexity index is 530. The molecule has 0 unspecified atom stereocenters. The van der Waals surface area contributed by atoms with Gasteiger partial charge in [-0.2, -0.15) is 0 Å². The molecule has 0 radical (unpaired) electrons. The van der Waals surface area contributed by atoms with Crippen molar-refractivity contribution in [3.05, 3.63) is 50.1 Å². The van der Waals surface area contributed by atoms with Gasteiger partial charge >= 0.3 is 0 Å². The van der Waals surface area contributed by atoms with Crippen LogP contribution >= 0.6 is 38.9 Å². The first kappa shape index (κ1) is 14.9. The van der Waals surface area contributed by atoms with Gasteiger partial charge in [-0.05, 0) is 37.4 Å². The van der Waals surface area contributed by atoms with Crippen LogP contribution in [0.2, 0.25) is 4.34 Å². The molecular formula is C14H16BrClN2S. The maximum absolute atomic E-state index is 5.93. The molecule has 5 heteroatoms. The van der Waals surface area contributed by atoms with Crippen molar-refractivity contribution in [1.82, 2.24) is 4.90 Å². The van der Waals surface area contributed by atoms with E-state index in [1.165, 1.54) is 4.88 Å². The standard InChI is InChI=1S/C14H16BrClN2S/c1-18(10-13-5-6-14(16)19-13)8-7-17-12-4-2-3-11(15)9-12/h2-6,9,17H,7-8,10H2,1H3. The number of anilines is 1. The summed E-state index contributed by atoms with van der Waals surface area (Å²) >= 11 is 11.0. The van der Waals surface area contributed by atoms with E-state index in [1.807, 2.05) is 18.2 Å². The fourth-order valence-electron chi connectivity index (χ4n) is 1.77. The van der Waals surface area contributed by atoms with Crippen molar-refractivity contribution in [3.8, 4) is 0 Å². The van der Waals surface area contributed by atoms with Crippen LogP contribution in [0.1, 0.15) is 4.88 Å². The summed E-state index contributed by atoms with van der Waals surface area (Å²) < 4.78 is 1.95. The smallest absolute Gasteiger partial charge is 0.0931 e. The number of likely N-dealkylation sites (N-methyl/N-ethyl adjacent to an activating group) is 1. The Balaban J connectivity index is 1.73. The molecule has 0 saturated heterocycles. The maximum Gasteiger partial charge on any atom is 0.0931 e. The van der Waals surface area contributed by atoms with Gasteiger partial charge in [0, 0.05) is 34.7 Å². The van der Waals surface area contributed by atoms with Gasteiger partial charge in [0.2, 0.25) is 0 Å². The number of hydrogen-bond donors (Lipinski definition) is 1. The lowest BCUT2D eigenvalue weighted by Crippen LogP contribution is -2.24. The molecule has 1 aromatic heterocycles. The van der Waals surface area contributed by atoms with Crippen molar-refractivity contribution in [2.45, 2.75) is 6.54 Å². The molecule has 0 aliphatic heterocycles. The number of hydrogen-bond acceptors (Lipinski definition) is 3. The highest BCUT2D eigenvalue weighted by atomic mass is 79.9. The minimum Gasteiger partial charge on any atom is -0.384 e. The molecular weight excluding hydrogens is 344 g/mol. The summed E-state index contributed by atoms with van der Waals surface area (Å²) in [5.74, 6) is 0. The van der Waals surface area contributed by atoms with E-state index in [4.69, 9.17) is 11.6 Å². The van der Waals surface area contributed by atoms with Crippen LogP contribution in [-0.4, -0.2) is 25.0 Å². The zero-order chi connectivity index (χ0) is 13.7. The van der Waals surface area contributed by atoms with Crippen LogP contribution in [0.5, 0.6) is 0 Å². The van der Waals surface area contributed by atoms with Crippen molar-refractivity contribution < 1.29 is 0 Å². The number of rotatable bonds is 6. The first-order valence-electron chi connectivity index (χ1n) is 6.06. The van der Waals surface area contributed by atoms with E-state index < -0.39 is 0 Å². The molecule has 19 heavy (non-hydrogen) atoms. The average molecular weight is 360 g/mol. The summed E-state index contributed by atoms with van der Waals surface area (Å²) in [5, 5.41) is 3.41. The van der Waals surface area contributed by atoms with Crippen molar-refractivity contribution in [2.75, 3.05) is 25.5 Å². The van der Waals surface area contributed by atoms with Gasteiger partial charge in [0.1, 0.15) is 0 Å². The van der Waals surface area contributed by atoms with Crippen LogP contribution in [0.4, 0.5) is 5.69 Å². The Kier molecular flexibility index (Phi) is 5.70. The molecule has 2 rings (SSSR count). The second kappa shape index (κ2) is 7.29. The van der Waals surface area contributed by atoms with Crippen LogP contribution in [0, 0.1) is 0 Å². The molecule has 1 heterocycles. The van der Waals surface area contributed by atoms with E-state index in [9.17, 15) is 0 Å². The Morgan fingerprint density at radius 1 is 1.32 bits per heavy atom. The molecule has 1 aromatic carbocycles. The molecule has 102 valence electrons. The van der Waals surface area contributed by atoms with E-state index in [2.05, 4.69) is 51.4 Å². The first-order valence-corrected chi connectivity index (χ1v) is 8.04. The van der Waals surface area contributed by atoms with E-state index in [-0.39, 0.29) is 0 Å². The van der Waals surface area contributed by atoms with Gasteiger partial charge in [0.05, 0.1) is 4.34 Å². The highest BCUT2D eigenvalue weighted by molar-refractivity contribution is 9.10. The van der Waals surface area contributed by atoms with Crippen molar-refractivity contribution >= 4 is 44.6 Å².